The summed E-state index contributed by atoms with van der Waals surface area (Å²) in [7, 11) is 1.67. The largest absolute Gasteiger partial charge is 0.497 e. The van der Waals surface area contributed by atoms with Crippen molar-refractivity contribution in [1.29, 1.82) is 0 Å². The molecule has 1 aliphatic rings. The SMILES string of the molecule is CCOC(=O)CC(NCc1cccc(OC)c1)C1CCC1. The third-order valence-electron chi connectivity index (χ3n) is 4.11. The number of nitrogens with one attached hydrogen (secondary N) is 1. The molecule has 0 aliphatic heterocycles. The van der Waals surface area contributed by atoms with Gasteiger partial charge in [0.15, 0.2) is 0 Å². The predicted molar refractivity (Wildman–Crippen MR) is 82.2 cm³/mol. The molecule has 1 unspecified atom stereocenters. The molecule has 4 nitrogen and oxygen atoms in total. The fourth-order valence-corrected chi connectivity index (χ4v) is 2.68. The summed E-state index contributed by atoms with van der Waals surface area (Å²) in [4.78, 5) is 11.7. The smallest absolute Gasteiger partial charge is 0.307 e. The molecule has 21 heavy (non-hydrogen) atoms. The van der Waals surface area contributed by atoms with Gasteiger partial charge in [0.1, 0.15) is 5.75 Å². The second-order valence-electron chi connectivity index (χ2n) is 5.54. The number of rotatable bonds is 8. The molecule has 1 saturated carbocycles. The minimum Gasteiger partial charge on any atom is -0.497 e. The molecule has 1 fully saturated rings. The summed E-state index contributed by atoms with van der Waals surface area (Å²) >= 11 is 0. The van der Waals surface area contributed by atoms with Crippen molar-refractivity contribution >= 4 is 5.97 Å². The van der Waals surface area contributed by atoms with Crippen molar-refractivity contribution in [3.63, 3.8) is 0 Å². The number of carbonyl (C=O) groups excluding carboxylic acids is 1. The lowest BCUT2D eigenvalue weighted by molar-refractivity contribution is -0.144. The van der Waals surface area contributed by atoms with Crippen molar-refractivity contribution in [1.82, 2.24) is 5.32 Å². The zero-order valence-electron chi connectivity index (χ0n) is 12.9. The molecule has 1 atom stereocenters. The van der Waals surface area contributed by atoms with E-state index in [0.717, 1.165) is 12.3 Å². The Hall–Kier alpha value is -1.55. The molecular formula is C17H25NO3. The van der Waals surface area contributed by atoms with E-state index >= 15 is 0 Å². The number of carbonyl (C=O) groups is 1. The van der Waals surface area contributed by atoms with Crippen molar-refractivity contribution in [3.05, 3.63) is 29.8 Å². The molecule has 0 heterocycles. The first-order valence-corrected chi connectivity index (χ1v) is 7.75. The van der Waals surface area contributed by atoms with Gasteiger partial charge in [-0.1, -0.05) is 18.6 Å². The van der Waals surface area contributed by atoms with E-state index in [2.05, 4.69) is 11.4 Å². The molecule has 1 N–H and O–H groups in total. The van der Waals surface area contributed by atoms with E-state index in [1.807, 2.05) is 25.1 Å². The van der Waals surface area contributed by atoms with E-state index in [1.165, 1.54) is 24.8 Å². The minimum atomic E-state index is -0.104. The topological polar surface area (TPSA) is 47.6 Å². The van der Waals surface area contributed by atoms with Crippen LogP contribution in [0.5, 0.6) is 5.75 Å². The van der Waals surface area contributed by atoms with Gasteiger partial charge in [-0.15, -0.1) is 0 Å². The highest BCUT2D eigenvalue weighted by Gasteiger charge is 2.29. The van der Waals surface area contributed by atoms with Crippen molar-refractivity contribution in [2.45, 2.75) is 45.2 Å². The monoisotopic (exact) mass is 291 g/mol. The van der Waals surface area contributed by atoms with Gasteiger partial charge >= 0.3 is 5.97 Å². The van der Waals surface area contributed by atoms with E-state index in [-0.39, 0.29) is 12.0 Å². The summed E-state index contributed by atoms with van der Waals surface area (Å²) in [6.45, 7) is 3.05. The third-order valence-corrected chi connectivity index (χ3v) is 4.11. The lowest BCUT2D eigenvalue weighted by Gasteiger charge is -2.34. The zero-order chi connectivity index (χ0) is 15.1. The average molecular weight is 291 g/mol. The van der Waals surface area contributed by atoms with Gasteiger partial charge < -0.3 is 14.8 Å². The van der Waals surface area contributed by atoms with Crippen LogP contribution in [0.25, 0.3) is 0 Å². The van der Waals surface area contributed by atoms with Crippen LogP contribution in [0.15, 0.2) is 24.3 Å². The second kappa shape index (κ2) is 8.03. The average Bonchev–Trinajstić information content (AvgIpc) is 2.43. The lowest BCUT2D eigenvalue weighted by Crippen LogP contribution is -2.41. The van der Waals surface area contributed by atoms with Crippen molar-refractivity contribution in [3.8, 4) is 5.75 Å². The highest BCUT2D eigenvalue weighted by molar-refractivity contribution is 5.70. The Morgan fingerprint density at radius 2 is 2.24 bits per heavy atom. The first-order chi connectivity index (χ1) is 10.2. The van der Waals surface area contributed by atoms with Gasteiger partial charge in [0, 0.05) is 12.6 Å². The zero-order valence-corrected chi connectivity index (χ0v) is 12.9. The van der Waals surface area contributed by atoms with Gasteiger partial charge in [0.25, 0.3) is 0 Å². The normalized spacial score (nSPS) is 16.1. The van der Waals surface area contributed by atoms with Crippen LogP contribution in [0.3, 0.4) is 0 Å². The summed E-state index contributed by atoms with van der Waals surface area (Å²) < 4.78 is 10.3. The van der Waals surface area contributed by atoms with Gasteiger partial charge in [-0.05, 0) is 43.4 Å². The van der Waals surface area contributed by atoms with Gasteiger partial charge in [0.2, 0.25) is 0 Å². The number of esters is 1. The van der Waals surface area contributed by atoms with Crippen LogP contribution in [0.2, 0.25) is 0 Å². The highest BCUT2D eigenvalue weighted by atomic mass is 16.5. The maximum atomic E-state index is 11.7. The molecule has 4 heteroatoms. The number of ether oxygens (including phenoxy) is 2. The standard InChI is InChI=1S/C17H25NO3/c1-3-21-17(19)11-16(14-7-5-8-14)18-12-13-6-4-9-15(10-13)20-2/h4,6,9-10,14,16,18H,3,5,7-8,11-12H2,1-2H3. The maximum absolute atomic E-state index is 11.7. The molecule has 1 aromatic carbocycles. The quantitative estimate of drug-likeness (QED) is 0.748. The van der Waals surface area contributed by atoms with Crippen molar-refractivity contribution in [2.24, 2.45) is 5.92 Å². The minimum absolute atomic E-state index is 0.104. The van der Waals surface area contributed by atoms with Gasteiger partial charge in [-0.2, -0.15) is 0 Å². The molecule has 2 rings (SSSR count). The fourth-order valence-electron chi connectivity index (χ4n) is 2.68. The summed E-state index contributed by atoms with van der Waals surface area (Å²) in [5, 5.41) is 3.52. The Bertz CT molecular complexity index is 457. The Balaban J connectivity index is 1.90. The van der Waals surface area contributed by atoms with Crippen LogP contribution in [-0.4, -0.2) is 25.7 Å². The molecule has 116 valence electrons. The van der Waals surface area contributed by atoms with E-state index in [4.69, 9.17) is 9.47 Å². The van der Waals surface area contributed by atoms with Gasteiger partial charge in [0.05, 0.1) is 20.1 Å². The maximum Gasteiger partial charge on any atom is 0.307 e. The molecule has 0 aromatic heterocycles. The molecular weight excluding hydrogens is 266 g/mol. The second-order valence-corrected chi connectivity index (χ2v) is 5.54. The van der Waals surface area contributed by atoms with Gasteiger partial charge in [-0.3, -0.25) is 4.79 Å². The summed E-state index contributed by atoms with van der Waals surface area (Å²) in [6.07, 6.45) is 4.14. The first kappa shape index (κ1) is 15.8. The third kappa shape index (κ3) is 4.74. The Labute approximate surface area is 126 Å². The molecule has 0 bridgehead atoms. The van der Waals surface area contributed by atoms with Gasteiger partial charge in [-0.25, -0.2) is 0 Å². The van der Waals surface area contributed by atoms with Crippen molar-refractivity contribution in [2.75, 3.05) is 13.7 Å². The Morgan fingerprint density at radius 1 is 1.43 bits per heavy atom. The Kier molecular flexibility index (Phi) is 6.05. The van der Waals surface area contributed by atoms with E-state index in [1.54, 1.807) is 7.11 Å². The molecule has 0 radical (unpaired) electrons. The predicted octanol–water partition coefficient (Wildman–Crippen LogP) is 2.91. The first-order valence-electron chi connectivity index (χ1n) is 7.75. The highest BCUT2D eigenvalue weighted by Crippen LogP contribution is 2.31. The molecule has 1 aromatic rings. The number of methoxy groups -OCH3 is 1. The van der Waals surface area contributed by atoms with Crippen LogP contribution in [0.1, 0.15) is 38.2 Å². The number of hydrogen-bond donors (Lipinski definition) is 1. The van der Waals surface area contributed by atoms with E-state index < -0.39 is 0 Å². The molecule has 1 aliphatic carbocycles. The van der Waals surface area contributed by atoms with Crippen LogP contribution in [0, 0.1) is 5.92 Å². The summed E-state index contributed by atoms with van der Waals surface area (Å²) in [5.41, 5.74) is 1.17. The van der Waals surface area contributed by atoms with Crippen LogP contribution < -0.4 is 10.1 Å². The summed E-state index contributed by atoms with van der Waals surface area (Å²) in [5.74, 6) is 1.35. The summed E-state index contributed by atoms with van der Waals surface area (Å²) in [6, 6.07) is 8.22. The molecule has 0 spiro atoms. The lowest BCUT2D eigenvalue weighted by atomic mass is 9.78. The van der Waals surface area contributed by atoms with E-state index in [0.29, 0.717) is 18.9 Å². The van der Waals surface area contributed by atoms with Crippen LogP contribution in [-0.2, 0) is 16.1 Å². The number of hydrogen-bond acceptors (Lipinski definition) is 4. The molecule has 0 amide bonds. The fraction of sp³-hybridized carbons (Fsp3) is 0.588. The Morgan fingerprint density at radius 3 is 2.86 bits per heavy atom. The molecule has 0 saturated heterocycles. The van der Waals surface area contributed by atoms with Crippen molar-refractivity contribution < 1.29 is 14.3 Å². The number of benzene rings is 1. The van der Waals surface area contributed by atoms with E-state index in [9.17, 15) is 4.79 Å². The van der Waals surface area contributed by atoms with Crippen LogP contribution >= 0.6 is 0 Å². The van der Waals surface area contributed by atoms with Crippen LogP contribution in [0.4, 0.5) is 0 Å².